The highest BCUT2D eigenvalue weighted by Crippen LogP contribution is 2.30. The van der Waals surface area contributed by atoms with Gasteiger partial charge in [-0.15, -0.1) is 0 Å². The van der Waals surface area contributed by atoms with Crippen LogP contribution >= 0.6 is 0 Å². The van der Waals surface area contributed by atoms with Gasteiger partial charge in [0.05, 0.1) is 30.4 Å². The fraction of sp³-hybridized carbons (Fsp3) is 0.629. The highest BCUT2D eigenvalue weighted by atomic mass is 16.5. The first kappa shape index (κ1) is 33.9. The summed E-state index contributed by atoms with van der Waals surface area (Å²) in [6.07, 6.45) is 11.2. The number of benzene rings is 1. The first-order valence-corrected chi connectivity index (χ1v) is 16.5. The minimum absolute atomic E-state index is 0.00442. The first-order valence-electron chi connectivity index (χ1n) is 16.5. The molecule has 4 rings (SSSR count). The van der Waals surface area contributed by atoms with Crippen LogP contribution in [0.5, 0.6) is 5.75 Å². The topological polar surface area (TPSA) is 104 Å². The number of rotatable bonds is 8. The number of aliphatic hydroxyl groups is 1. The van der Waals surface area contributed by atoms with Gasteiger partial charge >= 0.3 is 0 Å². The van der Waals surface area contributed by atoms with Crippen LogP contribution in [0.15, 0.2) is 42.7 Å². The van der Waals surface area contributed by atoms with Crippen molar-refractivity contribution in [3.8, 4) is 5.75 Å². The summed E-state index contributed by atoms with van der Waals surface area (Å²) in [6.45, 7) is 8.33. The molecule has 1 fully saturated rings. The molecule has 242 valence electrons. The summed E-state index contributed by atoms with van der Waals surface area (Å²) in [5.41, 5.74) is 2.17. The molecular formula is C35H52N4O5. The molecule has 1 saturated carbocycles. The van der Waals surface area contributed by atoms with Crippen molar-refractivity contribution in [2.75, 3.05) is 38.7 Å². The maximum atomic E-state index is 14.3. The molecule has 1 aromatic carbocycles. The van der Waals surface area contributed by atoms with Crippen molar-refractivity contribution in [3.63, 3.8) is 0 Å². The molecule has 4 atom stereocenters. The second-order valence-corrected chi connectivity index (χ2v) is 12.9. The van der Waals surface area contributed by atoms with Crippen molar-refractivity contribution < 1.29 is 24.2 Å². The van der Waals surface area contributed by atoms with Crippen LogP contribution in [0, 0.1) is 11.8 Å². The largest absolute Gasteiger partial charge is 0.490 e. The van der Waals surface area contributed by atoms with Crippen molar-refractivity contribution in [1.29, 1.82) is 0 Å². The van der Waals surface area contributed by atoms with Crippen LogP contribution < -0.4 is 10.1 Å². The predicted octanol–water partition coefficient (Wildman–Crippen LogP) is 5.53. The Bertz CT molecular complexity index is 1190. The van der Waals surface area contributed by atoms with E-state index in [2.05, 4.69) is 29.2 Å². The fourth-order valence-electron chi connectivity index (χ4n) is 6.24. The maximum Gasteiger partial charge on any atom is 0.258 e. The van der Waals surface area contributed by atoms with Crippen molar-refractivity contribution in [3.05, 3.63) is 53.9 Å². The highest BCUT2D eigenvalue weighted by molar-refractivity contribution is 6.00. The Morgan fingerprint density at radius 1 is 1.09 bits per heavy atom. The molecular weight excluding hydrogens is 556 g/mol. The molecule has 2 aromatic rings. The molecule has 1 aromatic heterocycles. The van der Waals surface area contributed by atoms with Crippen LogP contribution in [0.4, 0.5) is 5.69 Å². The van der Waals surface area contributed by atoms with Gasteiger partial charge < -0.3 is 24.8 Å². The van der Waals surface area contributed by atoms with Crippen LogP contribution in [0.2, 0.25) is 0 Å². The van der Waals surface area contributed by atoms with Gasteiger partial charge in [0.25, 0.3) is 5.91 Å². The summed E-state index contributed by atoms with van der Waals surface area (Å²) in [5.74, 6) is 0.286. The molecule has 2 N–H and O–H groups in total. The SMILES string of the molecule is C[C@@H]1CN([C@H](C)CO)C(=O)c2cc(NC(=O)C3CCCCC3)ccc2O[C@@H](C)CCCCO[C@H]1CN(C)Cc1ccncc1. The Labute approximate surface area is 263 Å². The number of aliphatic hydroxyl groups excluding tert-OH is 1. The number of anilines is 1. The molecule has 0 bridgehead atoms. The van der Waals surface area contributed by atoms with Crippen molar-refractivity contribution in [2.45, 2.75) is 96.9 Å². The Kier molecular flexibility index (Phi) is 13.0. The van der Waals surface area contributed by atoms with Gasteiger partial charge in [-0.05, 0) is 88.9 Å². The van der Waals surface area contributed by atoms with Crippen LogP contribution in [0.25, 0.3) is 0 Å². The van der Waals surface area contributed by atoms with Gasteiger partial charge in [0, 0.05) is 56.2 Å². The lowest BCUT2D eigenvalue weighted by atomic mass is 9.88. The average molecular weight is 609 g/mol. The molecule has 44 heavy (non-hydrogen) atoms. The molecule has 0 radical (unpaired) electrons. The third-order valence-corrected chi connectivity index (χ3v) is 8.99. The van der Waals surface area contributed by atoms with Crippen molar-refractivity contribution >= 4 is 17.5 Å². The van der Waals surface area contributed by atoms with Crippen LogP contribution in [-0.2, 0) is 16.1 Å². The third-order valence-electron chi connectivity index (χ3n) is 8.99. The van der Waals surface area contributed by atoms with Gasteiger partial charge in [-0.25, -0.2) is 0 Å². The predicted molar refractivity (Wildman–Crippen MR) is 173 cm³/mol. The van der Waals surface area contributed by atoms with E-state index in [4.69, 9.17) is 9.47 Å². The lowest BCUT2D eigenvalue weighted by molar-refractivity contribution is -0.120. The summed E-state index contributed by atoms with van der Waals surface area (Å²) in [4.78, 5) is 35.5. The molecule has 1 aliphatic carbocycles. The number of pyridine rings is 1. The van der Waals surface area contributed by atoms with E-state index in [1.54, 1.807) is 29.4 Å². The highest BCUT2D eigenvalue weighted by Gasteiger charge is 2.31. The zero-order chi connectivity index (χ0) is 31.5. The number of ether oxygens (including phenoxy) is 2. The number of hydrogen-bond donors (Lipinski definition) is 2. The quantitative estimate of drug-likeness (QED) is 0.406. The zero-order valence-corrected chi connectivity index (χ0v) is 27.0. The Hall–Kier alpha value is -3.01. The fourth-order valence-corrected chi connectivity index (χ4v) is 6.24. The molecule has 9 nitrogen and oxygen atoms in total. The molecule has 9 heteroatoms. The molecule has 0 spiro atoms. The lowest BCUT2D eigenvalue weighted by Gasteiger charge is -2.36. The molecule has 1 aliphatic heterocycles. The van der Waals surface area contributed by atoms with E-state index in [-0.39, 0.29) is 42.5 Å². The van der Waals surface area contributed by atoms with Crippen LogP contribution in [0.1, 0.15) is 88.1 Å². The minimum Gasteiger partial charge on any atom is -0.490 e. The molecule has 2 aliphatic rings. The number of aromatic nitrogens is 1. The molecule has 0 unspecified atom stereocenters. The van der Waals surface area contributed by atoms with Gasteiger partial charge in [-0.1, -0.05) is 26.2 Å². The third kappa shape index (κ3) is 9.74. The number of hydrogen-bond acceptors (Lipinski definition) is 7. The van der Waals surface area contributed by atoms with Gasteiger partial charge in [0.2, 0.25) is 5.91 Å². The smallest absolute Gasteiger partial charge is 0.258 e. The van der Waals surface area contributed by atoms with Gasteiger partial charge in [-0.2, -0.15) is 0 Å². The van der Waals surface area contributed by atoms with E-state index >= 15 is 0 Å². The van der Waals surface area contributed by atoms with Crippen LogP contribution in [0.3, 0.4) is 0 Å². The Morgan fingerprint density at radius 2 is 1.82 bits per heavy atom. The minimum atomic E-state index is -0.418. The van der Waals surface area contributed by atoms with Gasteiger partial charge in [0.15, 0.2) is 0 Å². The van der Waals surface area contributed by atoms with Gasteiger partial charge in [0.1, 0.15) is 5.75 Å². The van der Waals surface area contributed by atoms with Crippen molar-refractivity contribution in [1.82, 2.24) is 14.8 Å². The number of nitrogens with zero attached hydrogens (tertiary/aromatic N) is 3. The zero-order valence-electron chi connectivity index (χ0n) is 27.0. The molecule has 2 amide bonds. The summed E-state index contributed by atoms with van der Waals surface area (Å²) < 4.78 is 12.8. The average Bonchev–Trinajstić information content (AvgIpc) is 3.03. The standard InChI is InChI=1S/C35H52N4O5/c1-25-21-39(26(2)24-40)35(42)31-20-30(37-34(41)29-11-6-5-7-12-29)13-14-32(31)44-27(3)10-8-9-19-43-33(25)23-38(4)22-28-15-17-36-18-16-28/h13-18,20,25-27,29,33,40H,5-12,19,21-24H2,1-4H3,(H,37,41)/t25-,26-,27+,33+/m1/s1. The van der Waals surface area contributed by atoms with E-state index < -0.39 is 6.04 Å². The first-order chi connectivity index (χ1) is 21.2. The van der Waals surface area contributed by atoms with E-state index in [1.807, 2.05) is 32.0 Å². The number of fused-ring (bicyclic) bond motifs is 1. The van der Waals surface area contributed by atoms with E-state index in [0.29, 0.717) is 36.7 Å². The van der Waals surface area contributed by atoms with Crippen LogP contribution in [-0.4, -0.2) is 83.3 Å². The van der Waals surface area contributed by atoms with E-state index in [1.165, 1.54) is 12.0 Å². The number of carbonyl (C=O) groups is 2. The van der Waals surface area contributed by atoms with E-state index in [9.17, 15) is 14.7 Å². The molecule has 0 saturated heterocycles. The second-order valence-electron chi connectivity index (χ2n) is 12.9. The maximum absolute atomic E-state index is 14.3. The summed E-state index contributed by atoms with van der Waals surface area (Å²) in [7, 11) is 2.08. The van der Waals surface area contributed by atoms with Gasteiger partial charge in [-0.3, -0.25) is 19.5 Å². The summed E-state index contributed by atoms with van der Waals surface area (Å²) in [5, 5.41) is 13.3. The number of nitrogens with one attached hydrogen (secondary N) is 1. The second kappa shape index (κ2) is 16.9. The molecule has 2 heterocycles. The summed E-state index contributed by atoms with van der Waals surface area (Å²) in [6, 6.07) is 8.99. The lowest BCUT2D eigenvalue weighted by Crippen LogP contribution is -2.47. The van der Waals surface area contributed by atoms with Crippen molar-refractivity contribution in [2.24, 2.45) is 11.8 Å². The summed E-state index contributed by atoms with van der Waals surface area (Å²) >= 11 is 0. The number of likely N-dealkylation sites (N-methyl/N-ethyl adjacent to an activating group) is 1. The number of amides is 2. The number of carbonyl (C=O) groups excluding carboxylic acids is 2. The normalized spacial score (nSPS) is 23.4. The monoisotopic (exact) mass is 608 g/mol. The Morgan fingerprint density at radius 3 is 2.55 bits per heavy atom. The Balaban J connectivity index is 1.59. The van der Waals surface area contributed by atoms with E-state index in [0.717, 1.165) is 51.5 Å².